The molecule has 2 heterocycles. The Balaban J connectivity index is 1.46. The van der Waals surface area contributed by atoms with E-state index < -0.39 is 6.04 Å². The van der Waals surface area contributed by atoms with E-state index in [0.29, 0.717) is 18.8 Å². The van der Waals surface area contributed by atoms with Crippen LogP contribution in [0.4, 0.5) is 5.69 Å². The molecule has 0 N–H and O–H groups in total. The first-order valence-corrected chi connectivity index (χ1v) is 10.8. The number of carbonyl (C=O) groups is 1. The Hall–Kier alpha value is -3.61. The summed E-state index contributed by atoms with van der Waals surface area (Å²) in [5.74, 6) is 0.722. The van der Waals surface area contributed by atoms with Crippen LogP contribution in [0.3, 0.4) is 0 Å². The topological polar surface area (TPSA) is 67.7 Å². The van der Waals surface area contributed by atoms with E-state index in [1.54, 1.807) is 20.1 Å². The zero-order chi connectivity index (χ0) is 22.7. The molecule has 1 aliphatic rings. The standard InChI is InChI=1S/C25H28N4O3/c1-18-7-9-20(10-8-18)23-11-12-24(30)29(26-23)19(2)25(31)28-15-13-27(14-16-28)21-5-4-6-22(17-21)32-3/h4-12,17,19H,13-16H2,1-3H3. The van der Waals surface area contributed by atoms with Crippen LogP contribution in [0.2, 0.25) is 0 Å². The maximum atomic E-state index is 13.2. The molecule has 0 bridgehead atoms. The van der Waals surface area contributed by atoms with Crippen LogP contribution in [-0.4, -0.2) is 53.9 Å². The second-order valence-corrected chi connectivity index (χ2v) is 8.06. The Morgan fingerprint density at radius 2 is 1.72 bits per heavy atom. The SMILES string of the molecule is COc1cccc(N2CCN(C(=O)C(C)n3nc(-c4ccc(C)cc4)ccc3=O)CC2)c1. The number of ether oxygens (including phenoxy) is 1. The van der Waals surface area contributed by atoms with Gasteiger partial charge in [-0.05, 0) is 32.0 Å². The van der Waals surface area contributed by atoms with E-state index in [0.717, 1.165) is 35.7 Å². The van der Waals surface area contributed by atoms with Gasteiger partial charge in [0.1, 0.15) is 11.8 Å². The lowest BCUT2D eigenvalue weighted by molar-refractivity contribution is -0.135. The van der Waals surface area contributed by atoms with Crippen LogP contribution in [-0.2, 0) is 4.79 Å². The highest BCUT2D eigenvalue weighted by atomic mass is 16.5. The number of anilines is 1. The quantitative estimate of drug-likeness (QED) is 0.620. The van der Waals surface area contributed by atoms with E-state index >= 15 is 0 Å². The number of piperazine rings is 1. The fourth-order valence-electron chi connectivity index (χ4n) is 3.94. The van der Waals surface area contributed by atoms with Gasteiger partial charge < -0.3 is 14.5 Å². The normalized spacial score (nSPS) is 14.8. The predicted molar refractivity (Wildman–Crippen MR) is 125 cm³/mol. The van der Waals surface area contributed by atoms with Crippen LogP contribution in [0, 0.1) is 6.92 Å². The number of aryl methyl sites for hydroxylation is 1. The number of carbonyl (C=O) groups excluding carboxylic acids is 1. The number of hydrogen-bond donors (Lipinski definition) is 0. The number of hydrogen-bond acceptors (Lipinski definition) is 5. The lowest BCUT2D eigenvalue weighted by Gasteiger charge is -2.37. The molecule has 1 atom stereocenters. The molecule has 1 amide bonds. The monoisotopic (exact) mass is 432 g/mol. The van der Waals surface area contributed by atoms with Crippen LogP contribution < -0.4 is 15.2 Å². The maximum Gasteiger partial charge on any atom is 0.267 e. The lowest BCUT2D eigenvalue weighted by Crippen LogP contribution is -2.51. The predicted octanol–water partition coefficient (Wildman–Crippen LogP) is 3.14. The molecule has 0 radical (unpaired) electrons. The van der Waals surface area contributed by atoms with Gasteiger partial charge in [0, 0.05) is 49.6 Å². The van der Waals surface area contributed by atoms with E-state index in [2.05, 4.69) is 10.00 Å². The summed E-state index contributed by atoms with van der Waals surface area (Å²) >= 11 is 0. The molecule has 2 aromatic carbocycles. The van der Waals surface area contributed by atoms with Crippen molar-refractivity contribution in [2.24, 2.45) is 0 Å². The first kappa shape index (κ1) is 21.6. The highest BCUT2D eigenvalue weighted by Crippen LogP contribution is 2.23. The smallest absolute Gasteiger partial charge is 0.267 e. The molecule has 3 aromatic rings. The molecule has 1 aliphatic heterocycles. The number of rotatable bonds is 5. The van der Waals surface area contributed by atoms with Gasteiger partial charge in [0.2, 0.25) is 5.91 Å². The average Bonchev–Trinajstić information content (AvgIpc) is 2.84. The molecule has 7 heteroatoms. The Morgan fingerprint density at radius 1 is 1.00 bits per heavy atom. The van der Waals surface area contributed by atoms with E-state index in [1.807, 2.05) is 60.4 Å². The van der Waals surface area contributed by atoms with Crippen LogP contribution in [0.15, 0.2) is 65.5 Å². The van der Waals surface area contributed by atoms with E-state index in [1.165, 1.54) is 10.7 Å². The van der Waals surface area contributed by atoms with Gasteiger partial charge in [0.05, 0.1) is 12.8 Å². The lowest BCUT2D eigenvalue weighted by atomic mass is 10.1. The zero-order valence-corrected chi connectivity index (χ0v) is 18.7. The fraction of sp³-hybridized carbons (Fsp3) is 0.320. The number of amides is 1. The van der Waals surface area contributed by atoms with Crippen molar-refractivity contribution in [2.75, 3.05) is 38.2 Å². The molecule has 1 aromatic heterocycles. The summed E-state index contributed by atoms with van der Waals surface area (Å²) in [4.78, 5) is 29.7. The van der Waals surface area contributed by atoms with Crippen LogP contribution in [0.1, 0.15) is 18.5 Å². The van der Waals surface area contributed by atoms with Gasteiger partial charge in [-0.3, -0.25) is 9.59 Å². The van der Waals surface area contributed by atoms with Gasteiger partial charge in [0.25, 0.3) is 5.56 Å². The van der Waals surface area contributed by atoms with Gasteiger partial charge >= 0.3 is 0 Å². The molecule has 1 unspecified atom stereocenters. The molecule has 1 fully saturated rings. The Kier molecular flexibility index (Phi) is 6.25. The van der Waals surface area contributed by atoms with E-state index in [-0.39, 0.29) is 11.5 Å². The van der Waals surface area contributed by atoms with Crippen molar-refractivity contribution in [1.82, 2.24) is 14.7 Å². The molecule has 0 aliphatic carbocycles. The van der Waals surface area contributed by atoms with Crippen LogP contribution >= 0.6 is 0 Å². The molecule has 4 rings (SSSR count). The zero-order valence-electron chi connectivity index (χ0n) is 18.7. The number of benzene rings is 2. The third-order valence-electron chi connectivity index (χ3n) is 5.91. The maximum absolute atomic E-state index is 13.2. The van der Waals surface area contributed by atoms with Gasteiger partial charge in [-0.25, -0.2) is 4.68 Å². The summed E-state index contributed by atoms with van der Waals surface area (Å²) in [6.45, 7) is 6.38. The first-order chi connectivity index (χ1) is 15.5. The van der Waals surface area contributed by atoms with Crippen LogP contribution in [0.5, 0.6) is 5.75 Å². The van der Waals surface area contributed by atoms with Gasteiger partial charge in [0.15, 0.2) is 0 Å². The average molecular weight is 433 g/mol. The van der Waals surface area contributed by atoms with E-state index in [9.17, 15) is 9.59 Å². The second kappa shape index (κ2) is 9.26. The minimum absolute atomic E-state index is 0.0917. The Morgan fingerprint density at radius 3 is 2.41 bits per heavy atom. The summed E-state index contributed by atoms with van der Waals surface area (Å²) in [6.07, 6.45) is 0. The molecule has 0 spiro atoms. The molecule has 0 saturated carbocycles. The van der Waals surface area contributed by atoms with Crippen molar-refractivity contribution in [3.8, 4) is 17.0 Å². The minimum atomic E-state index is -0.670. The van der Waals surface area contributed by atoms with Gasteiger partial charge in [-0.1, -0.05) is 35.9 Å². The van der Waals surface area contributed by atoms with Crippen molar-refractivity contribution in [1.29, 1.82) is 0 Å². The van der Waals surface area contributed by atoms with Crippen molar-refractivity contribution in [3.63, 3.8) is 0 Å². The van der Waals surface area contributed by atoms with Crippen molar-refractivity contribution in [3.05, 3.63) is 76.6 Å². The fourth-order valence-corrected chi connectivity index (χ4v) is 3.94. The molecule has 1 saturated heterocycles. The summed E-state index contributed by atoms with van der Waals surface area (Å²) < 4.78 is 6.61. The molecule has 166 valence electrons. The largest absolute Gasteiger partial charge is 0.497 e. The van der Waals surface area contributed by atoms with Crippen molar-refractivity contribution >= 4 is 11.6 Å². The molecule has 32 heavy (non-hydrogen) atoms. The highest BCUT2D eigenvalue weighted by molar-refractivity contribution is 5.80. The summed E-state index contributed by atoms with van der Waals surface area (Å²) in [5, 5.41) is 4.50. The third kappa shape index (κ3) is 4.51. The summed E-state index contributed by atoms with van der Waals surface area (Å²) in [7, 11) is 1.65. The van der Waals surface area contributed by atoms with Crippen molar-refractivity contribution < 1.29 is 9.53 Å². The first-order valence-electron chi connectivity index (χ1n) is 10.8. The number of nitrogens with zero attached hydrogens (tertiary/aromatic N) is 4. The van der Waals surface area contributed by atoms with Crippen LogP contribution in [0.25, 0.3) is 11.3 Å². The molecule has 7 nitrogen and oxygen atoms in total. The Labute approximate surface area is 187 Å². The summed E-state index contributed by atoms with van der Waals surface area (Å²) in [6, 6.07) is 18.4. The van der Waals surface area contributed by atoms with E-state index in [4.69, 9.17) is 4.74 Å². The van der Waals surface area contributed by atoms with Gasteiger partial charge in [-0.2, -0.15) is 5.10 Å². The second-order valence-electron chi connectivity index (χ2n) is 8.06. The minimum Gasteiger partial charge on any atom is -0.497 e. The third-order valence-corrected chi connectivity index (χ3v) is 5.91. The number of aromatic nitrogens is 2. The van der Waals surface area contributed by atoms with Crippen molar-refractivity contribution in [2.45, 2.75) is 19.9 Å². The molecular formula is C25H28N4O3. The Bertz CT molecular complexity index is 1150. The number of methoxy groups -OCH3 is 1. The van der Waals surface area contributed by atoms with Gasteiger partial charge in [-0.15, -0.1) is 0 Å². The summed E-state index contributed by atoms with van der Waals surface area (Å²) in [5.41, 5.74) is 3.53. The molecular weight excluding hydrogens is 404 g/mol. The highest BCUT2D eigenvalue weighted by Gasteiger charge is 2.27.